The molecule has 0 aliphatic carbocycles. The SMILES string of the molecule is C#CC(C)NC(=O)c1ccccn1. The second-order valence-electron chi connectivity index (χ2n) is 2.58. The molecule has 1 aromatic heterocycles. The van der Waals surface area contributed by atoms with E-state index in [2.05, 4.69) is 16.2 Å². The molecule has 0 fully saturated rings. The van der Waals surface area contributed by atoms with Crippen molar-refractivity contribution in [3.8, 4) is 12.3 Å². The van der Waals surface area contributed by atoms with E-state index in [0.717, 1.165) is 0 Å². The third-order valence-electron chi connectivity index (χ3n) is 1.50. The molecule has 0 saturated carbocycles. The Morgan fingerprint density at radius 2 is 2.46 bits per heavy atom. The Labute approximate surface area is 77.2 Å². The summed E-state index contributed by atoms with van der Waals surface area (Å²) < 4.78 is 0. The predicted octanol–water partition coefficient (Wildman–Crippen LogP) is 0.833. The Balaban J connectivity index is 2.66. The van der Waals surface area contributed by atoms with Crippen molar-refractivity contribution in [2.24, 2.45) is 0 Å². The summed E-state index contributed by atoms with van der Waals surface area (Å²) in [5, 5.41) is 2.61. The lowest BCUT2D eigenvalue weighted by atomic mass is 10.3. The number of terminal acetylenes is 1. The molecule has 1 heterocycles. The average Bonchev–Trinajstić information content (AvgIpc) is 2.19. The van der Waals surface area contributed by atoms with Gasteiger partial charge in [0.05, 0.1) is 6.04 Å². The first-order valence-corrected chi connectivity index (χ1v) is 3.92. The van der Waals surface area contributed by atoms with E-state index in [9.17, 15) is 4.79 Å². The third-order valence-corrected chi connectivity index (χ3v) is 1.50. The number of rotatable bonds is 2. The minimum atomic E-state index is -0.269. The molecule has 1 unspecified atom stereocenters. The monoisotopic (exact) mass is 174 g/mol. The highest BCUT2D eigenvalue weighted by Gasteiger charge is 2.07. The number of amides is 1. The Kier molecular flexibility index (Phi) is 3.04. The van der Waals surface area contributed by atoms with Crippen LogP contribution in [0.2, 0.25) is 0 Å². The van der Waals surface area contributed by atoms with Crippen LogP contribution in [0.25, 0.3) is 0 Å². The number of pyridine rings is 1. The van der Waals surface area contributed by atoms with Gasteiger partial charge in [-0.3, -0.25) is 9.78 Å². The van der Waals surface area contributed by atoms with Gasteiger partial charge in [0.15, 0.2) is 0 Å². The van der Waals surface area contributed by atoms with Gasteiger partial charge in [-0.25, -0.2) is 0 Å². The van der Waals surface area contributed by atoms with Gasteiger partial charge in [0.25, 0.3) is 5.91 Å². The molecule has 0 aliphatic rings. The molecular formula is C10H10N2O. The van der Waals surface area contributed by atoms with Crippen molar-refractivity contribution in [3.63, 3.8) is 0 Å². The van der Waals surface area contributed by atoms with E-state index in [4.69, 9.17) is 6.42 Å². The summed E-state index contributed by atoms with van der Waals surface area (Å²) in [5.41, 5.74) is 0.379. The molecule has 1 rings (SSSR count). The molecule has 0 aromatic carbocycles. The number of aromatic nitrogens is 1. The molecule has 0 radical (unpaired) electrons. The lowest BCUT2D eigenvalue weighted by Gasteiger charge is -2.05. The highest BCUT2D eigenvalue weighted by molar-refractivity contribution is 5.92. The van der Waals surface area contributed by atoms with Gasteiger partial charge in [0, 0.05) is 6.20 Å². The van der Waals surface area contributed by atoms with Crippen molar-refractivity contribution in [3.05, 3.63) is 30.1 Å². The van der Waals surface area contributed by atoms with E-state index in [1.165, 1.54) is 0 Å². The lowest BCUT2D eigenvalue weighted by Crippen LogP contribution is -2.31. The van der Waals surface area contributed by atoms with Crippen LogP contribution in [0.3, 0.4) is 0 Å². The fourth-order valence-electron chi connectivity index (χ4n) is 0.809. The summed E-state index contributed by atoms with van der Waals surface area (Å²) in [6, 6.07) is 4.87. The molecule has 0 aliphatic heterocycles. The maximum Gasteiger partial charge on any atom is 0.270 e. The fourth-order valence-corrected chi connectivity index (χ4v) is 0.809. The van der Waals surface area contributed by atoms with Gasteiger partial charge in [0.2, 0.25) is 0 Å². The number of nitrogens with zero attached hydrogens (tertiary/aromatic N) is 1. The smallest absolute Gasteiger partial charge is 0.270 e. The maximum atomic E-state index is 11.3. The van der Waals surface area contributed by atoms with E-state index < -0.39 is 0 Å². The average molecular weight is 174 g/mol. The van der Waals surface area contributed by atoms with Crippen molar-refractivity contribution >= 4 is 5.91 Å². The number of nitrogens with one attached hydrogen (secondary N) is 1. The molecular weight excluding hydrogens is 164 g/mol. The molecule has 3 heteroatoms. The Morgan fingerprint density at radius 1 is 1.69 bits per heavy atom. The standard InChI is InChI=1S/C10H10N2O/c1-3-8(2)12-10(13)9-6-4-5-7-11-9/h1,4-8H,2H3,(H,12,13). The van der Waals surface area contributed by atoms with Crippen LogP contribution < -0.4 is 5.32 Å². The van der Waals surface area contributed by atoms with Crippen LogP contribution in [0.1, 0.15) is 17.4 Å². The lowest BCUT2D eigenvalue weighted by molar-refractivity contribution is 0.0943. The normalized spacial score (nSPS) is 11.4. The molecule has 66 valence electrons. The van der Waals surface area contributed by atoms with E-state index in [1.807, 2.05) is 0 Å². The van der Waals surface area contributed by atoms with Crippen molar-refractivity contribution in [1.29, 1.82) is 0 Å². The van der Waals surface area contributed by atoms with Crippen LogP contribution in [0.4, 0.5) is 0 Å². The Hall–Kier alpha value is -1.82. The zero-order valence-electron chi connectivity index (χ0n) is 7.32. The molecule has 13 heavy (non-hydrogen) atoms. The quantitative estimate of drug-likeness (QED) is 0.675. The number of carbonyl (C=O) groups is 1. The van der Waals surface area contributed by atoms with Gasteiger partial charge in [-0.15, -0.1) is 6.42 Å². The maximum absolute atomic E-state index is 11.3. The van der Waals surface area contributed by atoms with Gasteiger partial charge in [-0.05, 0) is 19.1 Å². The molecule has 0 bridgehead atoms. The molecule has 0 spiro atoms. The van der Waals surface area contributed by atoms with Crippen LogP contribution in [0.15, 0.2) is 24.4 Å². The van der Waals surface area contributed by atoms with Gasteiger partial charge >= 0.3 is 0 Å². The Bertz CT molecular complexity index is 327. The van der Waals surface area contributed by atoms with E-state index in [0.29, 0.717) is 5.69 Å². The number of carbonyl (C=O) groups excluding carboxylic acids is 1. The molecule has 1 aromatic rings. The van der Waals surface area contributed by atoms with Crippen molar-refractivity contribution in [2.45, 2.75) is 13.0 Å². The molecule has 3 nitrogen and oxygen atoms in total. The fraction of sp³-hybridized carbons (Fsp3) is 0.200. The summed E-state index contributed by atoms with van der Waals surface area (Å²) in [6.07, 6.45) is 6.68. The Morgan fingerprint density at radius 3 is 3.00 bits per heavy atom. The summed E-state index contributed by atoms with van der Waals surface area (Å²) in [6.45, 7) is 1.74. The van der Waals surface area contributed by atoms with Gasteiger partial charge in [-0.1, -0.05) is 12.0 Å². The summed E-state index contributed by atoms with van der Waals surface area (Å²) in [7, 11) is 0. The predicted molar refractivity (Wildman–Crippen MR) is 50.0 cm³/mol. The highest BCUT2D eigenvalue weighted by Crippen LogP contribution is 1.93. The number of hydrogen-bond acceptors (Lipinski definition) is 2. The second-order valence-corrected chi connectivity index (χ2v) is 2.58. The van der Waals surface area contributed by atoms with Crippen LogP contribution in [-0.4, -0.2) is 16.9 Å². The van der Waals surface area contributed by atoms with Crippen molar-refractivity contribution < 1.29 is 4.79 Å². The first-order chi connectivity index (χ1) is 6.24. The molecule has 0 saturated heterocycles. The second kappa shape index (κ2) is 4.27. The van der Waals surface area contributed by atoms with Crippen molar-refractivity contribution in [1.82, 2.24) is 10.3 Å². The van der Waals surface area contributed by atoms with Gasteiger partial charge in [-0.2, -0.15) is 0 Å². The zero-order valence-corrected chi connectivity index (χ0v) is 7.32. The summed E-state index contributed by atoms with van der Waals surface area (Å²) in [5.74, 6) is 2.16. The van der Waals surface area contributed by atoms with Gasteiger partial charge < -0.3 is 5.32 Å². The summed E-state index contributed by atoms with van der Waals surface area (Å²) in [4.78, 5) is 15.2. The van der Waals surface area contributed by atoms with Crippen LogP contribution in [0, 0.1) is 12.3 Å². The van der Waals surface area contributed by atoms with Gasteiger partial charge in [0.1, 0.15) is 5.69 Å². The van der Waals surface area contributed by atoms with Crippen LogP contribution in [-0.2, 0) is 0 Å². The zero-order chi connectivity index (χ0) is 9.68. The molecule has 1 amide bonds. The van der Waals surface area contributed by atoms with E-state index in [1.54, 1.807) is 31.3 Å². The van der Waals surface area contributed by atoms with Crippen LogP contribution in [0.5, 0.6) is 0 Å². The van der Waals surface area contributed by atoms with Crippen LogP contribution >= 0.6 is 0 Å². The minimum Gasteiger partial charge on any atom is -0.337 e. The molecule has 1 N–H and O–H groups in total. The molecule has 1 atom stereocenters. The summed E-state index contributed by atoms with van der Waals surface area (Å²) >= 11 is 0. The first kappa shape index (κ1) is 9.27. The third kappa shape index (κ3) is 2.60. The number of hydrogen-bond donors (Lipinski definition) is 1. The topological polar surface area (TPSA) is 42.0 Å². The van der Waals surface area contributed by atoms with E-state index in [-0.39, 0.29) is 11.9 Å². The van der Waals surface area contributed by atoms with Crippen molar-refractivity contribution in [2.75, 3.05) is 0 Å². The van der Waals surface area contributed by atoms with E-state index >= 15 is 0 Å². The largest absolute Gasteiger partial charge is 0.337 e. The first-order valence-electron chi connectivity index (χ1n) is 3.92. The minimum absolute atomic E-state index is 0.244. The highest BCUT2D eigenvalue weighted by atomic mass is 16.1.